The van der Waals surface area contributed by atoms with Gasteiger partial charge in [0.25, 0.3) is 0 Å². The predicted molar refractivity (Wildman–Crippen MR) is 104 cm³/mol. The van der Waals surface area contributed by atoms with Crippen LogP contribution >= 0.6 is 0 Å². The van der Waals surface area contributed by atoms with Crippen molar-refractivity contribution in [2.45, 2.75) is 27.7 Å². The lowest BCUT2D eigenvalue weighted by Crippen LogP contribution is -2.15. The van der Waals surface area contributed by atoms with Gasteiger partial charge >= 0.3 is 5.97 Å². The van der Waals surface area contributed by atoms with Gasteiger partial charge in [-0.25, -0.2) is 9.78 Å². The number of ether oxygens (including phenoxy) is 1. The molecule has 0 saturated heterocycles. The molecule has 2 aromatic heterocycles. The zero-order valence-corrected chi connectivity index (χ0v) is 15.9. The van der Waals surface area contributed by atoms with Crippen molar-refractivity contribution in [2.24, 2.45) is 0 Å². The Bertz CT molecular complexity index is 1000. The number of carbonyl (C=O) groups excluding carboxylic acids is 2. The molecule has 0 aliphatic heterocycles. The Hall–Kier alpha value is -3.21. The molecule has 0 amide bonds. The van der Waals surface area contributed by atoms with Gasteiger partial charge in [-0.2, -0.15) is 0 Å². The molecule has 0 bridgehead atoms. The number of aromatic nitrogens is 2. The highest BCUT2D eigenvalue weighted by atomic mass is 16.5. The summed E-state index contributed by atoms with van der Waals surface area (Å²) in [5.41, 5.74) is 5.95. The van der Waals surface area contributed by atoms with Crippen LogP contribution in [0.5, 0.6) is 0 Å². The fourth-order valence-corrected chi connectivity index (χ4v) is 3.07. The first-order chi connectivity index (χ1) is 12.9. The van der Waals surface area contributed by atoms with E-state index in [0.717, 1.165) is 17.1 Å². The first-order valence-electron chi connectivity index (χ1n) is 8.76. The number of ketones is 1. The Morgan fingerprint density at radius 2 is 1.78 bits per heavy atom. The molecular formula is C22H22N2O3. The minimum atomic E-state index is -0.605. The zero-order valence-electron chi connectivity index (χ0n) is 15.9. The quantitative estimate of drug-likeness (QED) is 0.505. The maximum atomic E-state index is 12.6. The van der Waals surface area contributed by atoms with Crippen molar-refractivity contribution >= 4 is 11.8 Å². The third-order valence-corrected chi connectivity index (χ3v) is 4.69. The molecule has 138 valence electrons. The van der Waals surface area contributed by atoms with Crippen molar-refractivity contribution in [1.82, 2.24) is 9.55 Å². The largest absolute Gasteiger partial charge is 0.453 e. The van der Waals surface area contributed by atoms with E-state index in [4.69, 9.17) is 4.74 Å². The first-order valence-corrected chi connectivity index (χ1v) is 8.76. The molecule has 0 N–H and O–H groups in total. The van der Waals surface area contributed by atoms with Crippen LogP contribution in [0.25, 0.3) is 5.69 Å². The maximum absolute atomic E-state index is 12.6. The summed E-state index contributed by atoms with van der Waals surface area (Å²) in [6.45, 7) is 7.68. The van der Waals surface area contributed by atoms with Gasteiger partial charge in [0.05, 0.1) is 0 Å². The van der Waals surface area contributed by atoms with Crippen molar-refractivity contribution in [3.63, 3.8) is 0 Å². The van der Waals surface area contributed by atoms with E-state index in [1.807, 2.05) is 30.5 Å². The average molecular weight is 362 g/mol. The van der Waals surface area contributed by atoms with Crippen LogP contribution in [-0.4, -0.2) is 27.9 Å². The zero-order chi connectivity index (χ0) is 19.6. The number of rotatable bonds is 5. The topological polar surface area (TPSA) is 61.2 Å². The van der Waals surface area contributed by atoms with Crippen molar-refractivity contribution in [1.29, 1.82) is 0 Å². The fourth-order valence-electron chi connectivity index (χ4n) is 3.07. The monoisotopic (exact) mass is 362 g/mol. The SMILES string of the molecule is Cc1ccc(-n2c(C)cc(C(=O)COC(=O)c3ccccn3)c2C)cc1C. The number of aryl methyl sites for hydroxylation is 3. The standard InChI is InChI=1S/C22H22N2O3/c1-14-8-9-18(11-15(14)2)24-16(3)12-19(17(24)4)21(25)13-27-22(26)20-7-5-6-10-23-20/h5-12H,13H2,1-4H3. The van der Waals surface area contributed by atoms with Gasteiger partial charge in [0.2, 0.25) is 5.78 Å². The second-order valence-electron chi connectivity index (χ2n) is 6.60. The summed E-state index contributed by atoms with van der Waals surface area (Å²) in [6, 6.07) is 13.0. The van der Waals surface area contributed by atoms with Crippen molar-refractivity contribution in [2.75, 3.05) is 6.61 Å². The molecule has 5 heteroatoms. The van der Waals surface area contributed by atoms with Crippen LogP contribution in [0.1, 0.15) is 43.4 Å². The van der Waals surface area contributed by atoms with E-state index < -0.39 is 5.97 Å². The molecule has 5 nitrogen and oxygen atoms in total. The number of hydrogen-bond acceptors (Lipinski definition) is 4. The van der Waals surface area contributed by atoms with E-state index in [0.29, 0.717) is 5.56 Å². The van der Waals surface area contributed by atoms with Crippen LogP contribution in [0.2, 0.25) is 0 Å². The fraction of sp³-hybridized carbons (Fsp3) is 0.227. The van der Waals surface area contributed by atoms with E-state index in [-0.39, 0.29) is 18.1 Å². The van der Waals surface area contributed by atoms with Gasteiger partial charge in [-0.3, -0.25) is 4.79 Å². The molecule has 0 saturated carbocycles. The highest BCUT2D eigenvalue weighted by molar-refractivity contribution is 6.00. The Balaban J connectivity index is 1.80. The highest BCUT2D eigenvalue weighted by Gasteiger charge is 2.19. The lowest BCUT2D eigenvalue weighted by molar-refractivity contribution is 0.0468. The predicted octanol–water partition coefficient (Wildman–Crippen LogP) is 4.15. The van der Waals surface area contributed by atoms with Crippen LogP contribution in [-0.2, 0) is 4.74 Å². The maximum Gasteiger partial charge on any atom is 0.357 e. The van der Waals surface area contributed by atoms with Gasteiger partial charge in [0.1, 0.15) is 5.69 Å². The van der Waals surface area contributed by atoms with Gasteiger partial charge in [-0.05, 0) is 69.2 Å². The van der Waals surface area contributed by atoms with Crippen LogP contribution in [0, 0.1) is 27.7 Å². The van der Waals surface area contributed by atoms with E-state index in [9.17, 15) is 9.59 Å². The molecule has 3 aromatic rings. The number of benzene rings is 1. The van der Waals surface area contributed by atoms with E-state index in [2.05, 4.69) is 31.0 Å². The van der Waals surface area contributed by atoms with E-state index in [1.54, 1.807) is 18.2 Å². The smallest absolute Gasteiger partial charge is 0.357 e. The number of esters is 1. The number of Topliss-reactive ketones (excluding diaryl/α,β-unsaturated/α-hetero) is 1. The highest BCUT2D eigenvalue weighted by Crippen LogP contribution is 2.23. The summed E-state index contributed by atoms with van der Waals surface area (Å²) in [4.78, 5) is 28.5. The van der Waals surface area contributed by atoms with Crippen molar-refractivity contribution < 1.29 is 14.3 Å². The van der Waals surface area contributed by atoms with Crippen molar-refractivity contribution in [3.05, 3.63) is 82.4 Å². The van der Waals surface area contributed by atoms with Crippen LogP contribution in [0.4, 0.5) is 0 Å². The number of nitrogens with zero attached hydrogens (tertiary/aromatic N) is 2. The molecule has 0 radical (unpaired) electrons. The molecule has 0 fully saturated rings. The minimum Gasteiger partial charge on any atom is -0.453 e. The number of hydrogen-bond donors (Lipinski definition) is 0. The molecule has 27 heavy (non-hydrogen) atoms. The summed E-state index contributed by atoms with van der Waals surface area (Å²) >= 11 is 0. The van der Waals surface area contributed by atoms with Crippen molar-refractivity contribution in [3.8, 4) is 5.69 Å². The Labute approximate surface area is 158 Å². The Morgan fingerprint density at radius 3 is 2.44 bits per heavy atom. The van der Waals surface area contributed by atoms with E-state index >= 15 is 0 Å². The molecule has 1 aromatic carbocycles. The summed E-state index contributed by atoms with van der Waals surface area (Å²) in [5.74, 6) is -0.839. The third kappa shape index (κ3) is 3.82. The molecule has 0 spiro atoms. The molecule has 0 atom stereocenters. The lowest BCUT2D eigenvalue weighted by atomic mass is 10.1. The average Bonchev–Trinajstić information content (AvgIpc) is 2.97. The van der Waals surface area contributed by atoms with Gasteiger partial charge in [0.15, 0.2) is 6.61 Å². The number of carbonyl (C=O) groups is 2. The summed E-state index contributed by atoms with van der Waals surface area (Å²) in [5, 5.41) is 0. The second kappa shape index (κ2) is 7.58. The van der Waals surface area contributed by atoms with Gasteiger partial charge in [-0.1, -0.05) is 12.1 Å². The normalized spacial score (nSPS) is 10.7. The molecular weight excluding hydrogens is 340 g/mol. The second-order valence-corrected chi connectivity index (χ2v) is 6.60. The molecule has 3 rings (SSSR count). The van der Waals surface area contributed by atoms with Crippen LogP contribution in [0.3, 0.4) is 0 Å². The molecule has 0 aliphatic carbocycles. The number of pyridine rings is 1. The van der Waals surface area contributed by atoms with Gasteiger partial charge < -0.3 is 9.30 Å². The summed E-state index contributed by atoms with van der Waals surface area (Å²) in [7, 11) is 0. The minimum absolute atomic E-state index is 0.186. The van der Waals surface area contributed by atoms with E-state index in [1.165, 1.54) is 17.3 Å². The van der Waals surface area contributed by atoms with Crippen LogP contribution in [0.15, 0.2) is 48.7 Å². The summed E-state index contributed by atoms with van der Waals surface area (Å²) in [6.07, 6.45) is 1.51. The molecule has 0 aliphatic rings. The summed E-state index contributed by atoms with van der Waals surface area (Å²) < 4.78 is 7.17. The van der Waals surface area contributed by atoms with Gasteiger partial charge in [-0.15, -0.1) is 0 Å². The van der Waals surface area contributed by atoms with Crippen LogP contribution < -0.4 is 0 Å². The molecule has 0 unspecified atom stereocenters. The Kier molecular flexibility index (Phi) is 5.21. The Morgan fingerprint density at radius 1 is 1.00 bits per heavy atom. The molecule has 2 heterocycles. The lowest BCUT2D eigenvalue weighted by Gasteiger charge is -2.12. The van der Waals surface area contributed by atoms with Gasteiger partial charge in [0, 0.05) is 28.8 Å². The third-order valence-electron chi connectivity index (χ3n) is 4.69. The first kappa shape index (κ1) is 18.6.